The molecule has 0 aliphatic heterocycles. The van der Waals surface area contributed by atoms with Crippen molar-refractivity contribution in [1.29, 1.82) is 0 Å². The van der Waals surface area contributed by atoms with Crippen LogP contribution < -0.4 is 5.32 Å². The fourth-order valence-corrected chi connectivity index (χ4v) is 4.32. The lowest BCUT2D eigenvalue weighted by Crippen LogP contribution is -2.56. The van der Waals surface area contributed by atoms with Gasteiger partial charge in [-0.05, 0) is 38.0 Å². The number of rotatable bonds is 11. The van der Waals surface area contributed by atoms with Gasteiger partial charge in [-0.3, -0.25) is 9.59 Å². The van der Waals surface area contributed by atoms with Crippen molar-refractivity contribution in [1.82, 2.24) is 15.2 Å². The summed E-state index contributed by atoms with van der Waals surface area (Å²) in [6, 6.07) is 5.11. The van der Waals surface area contributed by atoms with E-state index in [0.717, 1.165) is 60.7 Å². The first-order valence-electron chi connectivity index (χ1n) is 11.1. The van der Waals surface area contributed by atoms with Gasteiger partial charge in [0, 0.05) is 42.7 Å². The molecule has 0 spiro atoms. The lowest BCUT2D eigenvalue weighted by molar-refractivity contribution is -0.141. The van der Waals surface area contributed by atoms with E-state index in [4.69, 9.17) is 0 Å². The molecule has 1 aromatic carbocycles. The Morgan fingerprint density at radius 1 is 1.13 bits per heavy atom. The Bertz CT molecular complexity index is 874. The highest BCUT2D eigenvalue weighted by Crippen LogP contribution is 2.38. The van der Waals surface area contributed by atoms with E-state index < -0.39 is 5.54 Å². The highest BCUT2D eigenvalue weighted by Gasteiger charge is 2.45. The Balaban J connectivity index is 2.66. The van der Waals surface area contributed by atoms with Crippen LogP contribution in [0, 0.1) is 6.92 Å². The van der Waals surface area contributed by atoms with Gasteiger partial charge in [0.1, 0.15) is 11.3 Å². The van der Waals surface area contributed by atoms with Crippen LogP contribution in [0.4, 0.5) is 0 Å². The predicted octanol–water partition coefficient (Wildman–Crippen LogP) is 4.74. The number of unbranched alkanes of at least 4 members (excludes halogenated alkanes) is 4. The first-order valence-corrected chi connectivity index (χ1v) is 11.1. The molecule has 0 aliphatic rings. The van der Waals surface area contributed by atoms with E-state index in [1.807, 2.05) is 20.0 Å². The number of aromatic nitrogens is 1. The number of phenols is 1. The fourth-order valence-electron chi connectivity index (χ4n) is 4.32. The number of hydrogen-bond acceptors (Lipinski definition) is 3. The average Bonchev–Trinajstić information content (AvgIpc) is 3.03. The third-order valence-corrected chi connectivity index (χ3v) is 5.75. The zero-order valence-corrected chi connectivity index (χ0v) is 19.1. The molecule has 1 atom stereocenters. The summed E-state index contributed by atoms with van der Waals surface area (Å²) in [6.45, 7) is 8.27. The average molecular weight is 416 g/mol. The SMILES string of the molecule is CCCCCCC(NC(C)=O)(C(=O)N(C)CCCC)c1c(C)[nH]c2ccc(O)cc12. The summed E-state index contributed by atoms with van der Waals surface area (Å²) in [4.78, 5) is 31.3. The summed E-state index contributed by atoms with van der Waals surface area (Å²) < 4.78 is 0. The van der Waals surface area contributed by atoms with E-state index in [1.54, 1.807) is 17.0 Å². The van der Waals surface area contributed by atoms with E-state index >= 15 is 0 Å². The van der Waals surface area contributed by atoms with Crippen molar-refractivity contribution >= 4 is 22.7 Å². The predicted molar refractivity (Wildman–Crippen MR) is 121 cm³/mol. The van der Waals surface area contributed by atoms with Crippen molar-refractivity contribution in [3.8, 4) is 5.75 Å². The summed E-state index contributed by atoms with van der Waals surface area (Å²) in [5, 5.41) is 13.9. The van der Waals surface area contributed by atoms with Crippen molar-refractivity contribution in [3.05, 3.63) is 29.5 Å². The van der Waals surface area contributed by atoms with Crippen molar-refractivity contribution in [2.45, 2.75) is 78.2 Å². The summed E-state index contributed by atoms with van der Waals surface area (Å²) >= 11 is 0. The number of amides is 2. The fraction of sp³-hybridized carbons (Fsp3) is 0.583. The number of hydrogen-bond donors (Lipinski definition) is 3. The van der Waals surface area contributed by atoms with Crippen LogP contribution >= 0.6 is 0 Å². The van der Waals surface area contributed by atoms with Gasteiger partial charge >= 0.3 is 0 Å². The molecule has 30 heavy (non-hydrogen) atoms. The molecule has 2 aromatic rings. The Labute approximate surface area is 180 Å². The zero-order chi connectivity index (χ0) is 22.3. The Hall–Kier alpha value is -2.50. The van der Waals surface area contributed by atoms with E-state index in [-0.39, 0.29) is 17.6 Å². The largest absolute Gasteiger partial charge is 0.508 e. The molecule has 2 amide bonds. The van der Waals surface area contributed by atoms with E-state index in [1.165, 1.54) is 6.92 Å². The monoisotopic (exact) mass is 415 g/mol. The van der Waals surface area contributed by atoms with Gasteiger partial charge in [-0.1, -0.05) is 46.0 Å². The molecule has 2 rings (SSSR count). The van der Waals surface area contributed by atoms with Crippen LogP contribution in [0.1, 0.15) is 77.0 Å². The van der Waals surface area contributed by atoms with Gasteiger partial charge in [0.05, 0.1) is 0 Å². The molecule has 6 nitrogen and oxygen atoms in total. The topological polar surface area (TPSA) is 85.4 Å². The molecule has 0 saturated carbocycles. The smallest absolute Gasteiger partial charge is 0.252 e. The molecule has 0 aliphatic carbocycles. The Morgan fingerprint density at radius 2 is 1.83 bits per heavy atom. The number of likely N-dealkylation sites (N-methyl/N-ethyl adjacent to an activating group) is 1. The van der Waals surface area contributed by atoms with Gasteiger partial charge in [0.2, 0.25) is 5.91 Å². The third kappa shape index (κ3) is 5.15. The van der Waals surface area contributed by atoms with Crippen molar-refractivity contribution in [3.63, 3.8) is 0 Å². The van der Waals surface area contributed by atoms with Crippen molar-refractivity contribution in [2.75, 3.05) is 13.6 Å². The van der Waals surface area contributed by atoms with Crippen LogP contribution in [0.5, 0.6) is 5.75 Å². The lowest BCUT2D eigenvalue weighted by atomic mass is 9.81. The number of aryl methyl sites for hydroxylation is 1. The number of nitrogens with zero attached hydrogens (tertiary/aromatic N) is 1. The van der Waals surface area contributed by atoms with Gasteiger partial charge < -0.3 is 20.3 Å². The number of aromatic hydroxyl groups is 1. The van der Waals surface area contributed by atoms with Crippen LogP contribution in [0.2, 0.25) is 0 Å². The second-order valence-electron chi connectivity index (χ2n) is 8.33. The first-order chi connectivity index (χ1) is 14.3. The zero-order valence-electron chi connectivity index (χ0n) is 19.1. The van der Waals surface area contributed by atoms with Gasteiger partial charge in [0.15, 0.2) is 0 Å². The molecule has 1 aromatic heterocycles. The van der Waals surface area contributed by atoms with Crippen molar-refractivity contribution in [2.24, 2.45) is 0 Å². The maximum Gasteiger partial charge on any atom is 0.252 e. The van der Waals surface area contributed by atoms with Crippen LogP contribution in [-0.2, 0) is 15.1 Å². The lowest BCUT2D eigenvalue weighted by Gasteiger charge is -2.37. The second kappa shape index (κ2) is 10.5. The number of carbonyl (C=O) groups is 2. The van der Waals surface area contributed by atoms with E-state index in [9.17, 15) is 14.7 Å². The quantitative estimate of drug-likeness (QED) is 0.463. The molecule has 0 bridgehead atoms. The van der Waals surface area contributed by atoms with Crippen LogP contribution in [-0.4, -0.2) is 40.4 Å². The Morgan fingerprint density at radius 3 is 2.47 bits per heavy atom. The minimum atomic E-state index is -1.17. The molecule has 1 unspecified atom stereocenters. The first kappa shape index (κ1) is 23.8. The molecule has 3 N–H and O–H groups in total. The van der Waals surface area contributed by atoms with E-state index in [0.29, 0.717) is 13.0 Å². The number of carbonyl (C=O) groups excluding carboxylic acids is 2. The highest BCUT2D eigenvalue weighted by molar-refractivity contribution is 5.98. The number of nitrogens with one attached hydrogen (secondary N) is 2. The maximum absolute atomic E-state index is 13.9. The van der Waals surface area contributed by atoms with Gasteiger partial charge in [-0.2, -0.15) is 0 Å². The highest BCUT2D eigenvalue weighted by atomic mass is 16.3. The number of aromatic amines is 1. The summed E-state index contributed by atoms with van der Waals surface area (Å²) in [5.74, 6) is -0.205. The van der Waals surface area contributed by atoms with Crippen LogP contribution in [0.3, 0.4) is 0 Å². The maximum atomic E-state index is 13.9. The van der Waals surface area contributed by atoms with Crippen LogP contribution in [0.15, 0.2) is 18.2 Å². The molecule has 0 fully saturated rings. The normalized spacial score (nSPS) is 13.2. The minimum Gasteiger partial charge on any atom is -0.508 e. The number of H-pyrrole nitrogens is 1. The molecule has 166 valence electrons. The summed E-state index contributed by atoms with van der Waals surface area (Å²) in [6.07, 6.45) is 6.42. The standard InChI is InChI=1S/C24H37N3O3/c1-6-8-10-11-14-24(26-18(4)28,23(30)27(5)15-9-7-2)22-17(3)25-21-13-12-19(29)16-20(21)22/h12-13,16,25,29H,6-11,14-15H2,1-5H3,(H,26,28). The Kier molecular flexibility index (Phi) is 8.33. The number of fused-ring (bicyclic) bond motifs is 1. The van der Waals surface area contributed by atoms with Crippen LogP contribution in [0.25, 0.3) is 10.9 Å². The van der Waals surface area contributed by atoms with Gasteiger partial charge in [-0.25, -0.2) is 0 Å². The number of phenolic OH excluding ortho intramolecular Hbond substituents is 1. The molecular formula is C24H37N3O3. The summed E-state index contributed by atoms with van der Waals surface area (Å²) in [5.41, 5.74) is 1.26. The van der Waals surface area contributed by atoms with Gasteiger partial charge in [0.25, 0.3) is 5.91 Å². The molecule has 0 radical (unpaired) electrons. The van der Waals surface area contributed by atoms with Gasteiger partial charge in [-0.15, -0.1) is 0 Å². The minimum absolute atomic E-state index is 0.102. The second-order valence-corrected chi connectivity index (χ2v) is 8.33. The molecule has 1 heterocycles. The van der Waals surface area contributed by atoms with Crippen molar-refractivity contribution < 1.29 is 14.7 Å². The van der Waals surface area contributed by atoms with E-state index in [2.05, 4.69) is 24.1 Å². The summed E-state index contributed by atoms with van der Waals surface area (Å²) in [7, 11) is 1.81. The molecular weight excluding hydrogens is 378 g/mol. The molecule has 0 saturated heterocycles. The third-order valence-electron chi connectivity index (χ3n) is 5.75. The number of benzene rings is 1. The molecule has 6 heteroatoms.